The van der Waals surface area contributed by atoms with Crippen LogP contribution in [0.1, 0.15) is 26.2 Å². The van der Waals surface area contributed by atoms with Crippen LogP contribution in [0.25, 0.3) is 0 Å². The number of nitrogens with zero attached hydrogens (tertiary/aromatic N) is 2. The topological polar surface area (TPSA) is 60.2 Å². The first-order chi connectivity index (χ1) is 7.57. The molecule has 2 rings (SSSR count). The standard InChI is InChI=1S/C10H16ClN3O2/c1-10(2)6(4-7(10)15-3)12-9-14-13-8(5-11)16-9/h6-7H,4-5H2,1-3H3,(H,12,14). The van der Waals surface area contributed by atoms with Crippen LogP contribution in [-0.2, 0) is 10.6 Å². The molecular weight excluding hydrogens is 230 g/mol. The van der Waals surface area contributed by atoms with Crippen molar-refractivity contribution in [3.8, 4) is 0 Å². The highest BCUT2D eigenvalue weighted by Gasteiger charge is 2.49. The minimum atomic E-state index is 0.0738. The van der Waals surface area contributed by atoms with Crippen molar-refractivity contribution in [2.75, 3.05) is 12.4 Å². The molecule has 1 aliphatic rings. The third-order valence-electron chi connectivity index (χ3n) is 3.34. The fraction of sp³-hybridized carbons (Fsp3) is 0.800. The van der Waals surface area contributed by atoms with Crippen molar-refractivity contribution < 1.29 is 9.15 Å². The highest BCUT2D eigenvalue weighted by atomic mass is 35.5. The monoisotopic (exact) mass is 245 g/mol. The summed E-state index contributed by atoms with van der Waals surface area (Å²) in [6.07, 6.45) is 1.22. The first kappa shape index (κ1) is 11.7. The summed E-state index contributed by atoms with van der Waals surface area (Å²) in [4.78, 5) is 0. The second-order valence-electron chi connectivity index (χ2n) is 4.61. The Morgan fingerprint density at radius 3 is 2.81 bits per heavy atom. The van der Waals surface area contributed by atoms with Crippen LogP contribution in [0.4, 0.5) is 6.01 Å². The SMILES string of the molecule is COC1CC(Nc2nnc(CCl)o2)C1(C)C. The molecule has 1 N–H and O–H groups in total. The van der Waals surface area contributed by atoms with E-state index in [1.165, 1.54) is 0 Å². The molecule has 90 valence electrons. The maximum absolute atomic E-state index is 5.58. The predicted octanol–water partition coefficient (Wildman–Crippen LogP) is 2.03. The molecule has 16 heavy (non-hydrogen) atoms. The van der Waals surface area contributed by atoms with Gasteiger partial charge in [0.05, 0.1) is 6.10 Å². The lowest BCUT2D eigenvalue weighted by Crippen LogP contribution is -2.57. The largest absolute Gasteiger partial charge is 0.407 e. The molecule has 1 heterocycles. The number of halogens is 1. The number of hydrogen-bond donors (Lipinski definition) is 1. The Morgan fingerprint density at radius 2 is 2.31 bits per heavy atom. The van der Waals surface area contributed by atoms with Crippen molar-refractivity contribution in [2.24, 2.45) is 5.41 Å². The fourth-order valence-corrected chi connectivity index (χ4v) is 2.15. The zero-order valence-corrected chi connectivity index (χ0v) is 10.4. The summed E-state index contributed by atoms with van der Waals surface area (Å²) >= 11 is 5.58. The van der Waals surface area contributed by atoms with Crippen molar-refractivity contribution in [3.63, 3.8) is 0 Å². The molecule has 0 amide bonds. The summed E-state index contributed by atoms with van der Waals surface area (Å²) in [5.41, 5.74) is 0.0738. The lowest BCUT2D eigenvalue weighted by atomic mass is 9.64. The molecule has 1 aromatic rings. The number of methoxy groups -OCH3 is 1. The van der Waals surface area contributed by atoms with Gasteiger partial charge in [-0.1, -0.05) is 18.9 Å². The lowest BCUT2D eigenvalue weighted by molar-refractivity contribution is -0.0800. The molecule has 0 saturated heterocycles. The van der Waals surface area contributed by atoms with Gasteiger partial charge in [0, 0.05) is 18.6 Å². The van der Waals surface area contributed by atoms with E-state index in [0.717, 1.165) is 6.42 Å². The normalized spacial score (nSPS) is 27.5. The van der Waals surface area contributed by atoms with Crippen molar-refractivity contribution in [1.82, 2.24) is 10.2 Å². The van der Waals surface area contributed by atoms with Gasteiger partial charge in [-0.2, -0.15) is 0 Å². The van der Waals surface area contributed by atoms with E-state index in [4.69, 9.17) is 20.8 Å². The van der Waals surface area contributed by atoms with E-state index >= 15 is 0 Å². The van der Waals surface area contributed by atoms with Gasteiger partial charge >= 0.3 is 6.01 Å². The van der Waals surface area contributed by atoms with Crippen LogP contribution >= 0.6 is 11.6 Å². The van der Waals surface area contributed by atoms with Crippen LogP contribution in [-0.4, -0.2) is 29.5 Å². The van der Waals surface area contributed by atoms with Gasteiger partial charge < -0.3 is 14.5 Å². The molecule has 0 aliphatic heterocycles. The molecule has 1 fully saturated rings. The van der Waals surface area contributed by atoms with Gasteiger partial charge in [0.15, 0.2) is 0 Å². The van der Waals surface area contributed by atoms with E-state index < -0.39 is 0 Å². The van der Waals surface area contributed by atoms with Gasteiger partial charge in [0.25, 0.3) is 0 Å². The Morgan fingerprint density at radius 1 is 1.56 bits per heavy atom. The van der Waals surface area contributed by atoms with Crippen molar-refractivity contribution in [3.05, 3.63) is 5.89 Å². The molecule has 2 atom stereocenters. The van der Waals surface area contributed by atoms with Crippen LogP contribution in [0.2, 0.25) is 0 Å². The number of hydrogen-bond acceptors (Lipinski definition) is 5. The number of nitrogens with one attached hydrogen (secondary N) is 1. The van der Waals surface area contributed by atoms with E-state index in [1.54, 1.807) is 7.11 Å². The molecule has 1 aromatic heterocycles. The van der Waals surface area contributed by atoms with Crippen LogP contribution in [0.3, 0.4) is 0 Å². The maximum atomic E-state index is 5.58. The highest BCUT2D eigenvalue weighted by molar-refractivity contribution is 6.16. The van der Waals surface area contributed by atoms with E-state index in [0.29, 0.717) is 17.9 Å². The van der Waals surface area contributed by atoms with E-state index in [1.807, 2.05) is 0 Å². The second-order valence-corrected chi connectivity index (χ2v) is 4.88. The second kappa shape index (κ2) is 4.22. The van der Waals surface area contributed by atoms with Crippen LogP contribution in [0, 0.1) is 5.41 Å². The van der Waals surface area contributed by atoms with Gasteiger partial charge in [-0.15, -0.1) is 16.7 Å². The molecule has 0 spiro atoms. The molecule has 1 saturated carbocycles. The Bertz CT molecular complexity index is 367. The van der Waals surface area contributed by atoms with Crippen molar-refractivity contribution in [1.29, 1.82) is 0 Å². The lowest BCUT2D eigenvalue weighted by Gasteiger charge is -2.50. The predicted molar refractivity (Wildman–Crippen MR) is 60.5 cm³/mol. The quantitative estimate of drug-likeness (QED) is 0.823. The first-order valence-electron chi connectivity index (χ1n) is 5.25. The number of ether oxygens (including phenoxy) is 1. The van der Waals surface area contributed by atoms with Crippen LogP contribution < -0.4 is 5.32 Å². The minimum absolute atomic E-state index is 0.0738. The van der Waals surface area contributed by atoms with Gasteiger partial charge in [0.1, 0.15) is 5.88 Å². The highest BCUT2D eigenvalue weighted by Crippen LogP contribution is 2.43. The van der Waals surface area contributed by atoms with E-state index in [-0.39, 0.29) is 17.4 Å². The molecular formula is C10H16ClN3O2. The van der Waals surface area contributed by atoms with Crippen LogP contribution in [0.5, 0.6) is 0 Å². The molecule has 0 radical (unpaired) electrons. The third-order valence-corrected chi connectivity index (χ3v) is 3.57. The van der Waals surface area contributed by atoms with Gasteiger partial charge in [-0.25, -0.2) is 0 Å². The number of anilines is 1. The van der Waals surface area contributed by atoms with Crippen molar-refractivity contribution >= 4 is 17.6 Å². The van der Waals surface area contributed by atoms with Gasteiger partial charge in [0.2, 0.25) is 5.89 Å². The average Bonchev–Trinajstić information content (AvgIpc) is 2.71. The molecule has 0 aromatic carbocycles. The first-order valence-corrected chi connectivity index (χ1v) is 5.79. The maximum Gasteiger partial charge on any atom is 0.315 e. The Hall–Kier alpha value is -0.810. The molecule has 5 nitrogen and oxygen atoms in total. The average molecular weight is 246 g/mol. The van der Waals surface area contributed by atoms with Gasteiger partial charge in [-0.3, -0.25) is 0 Å². The van der Waals surface area contributed by atoms with E-state index in [2.05, 4.69) is 29.4 Å². The van der Waals surface area contributed by atoms with Crippen molar-refractivity contribution in [2.45, 2.75) is 38.3 Å². The number of aromatic nitrogens is 2. The summed E-state index contributed by atoms with van der Waals surface area (Å²) in [5.74, 6) is 0.674. The zero-order chi connectivity index (χ0) is 11.8. The summed E-state index contributed by atoms with van der Waals surface area (Å²) in [5, 5.41) is 10.9. The molecule has 6 heteroatoms. The summed E-state index contributed by atoms with van der Waals surface area (Å²) in [6, 6.07) is 0.726. The third kappa shape index (κ3) is 1.89. The Labute approximate surface area is 99.5 Å². The van der Waals surface area contributed by atoms with Gasteiger partial charge in [-0.05, 0) is 6.42 Å². The van der Waals surface area contributed by atoms with Crippen LogP contribution in [0.15, 0.2) is 4.42 Å². The number of alkyl halides is 1. The fourth-order valence-electron chi connectivity index (χ4n) is 2.05. The molecule has 0 bridgehead atoms. The summed E-state index contributed by atoms with van der Waals surface area (Å²) in [7, 11) is 1.74. The summed E-state index contributed by atoms with van der Waals surface area (Å²) in [6.45, 7) is 4.31. The molecule has 1 aliphatic carbocycles. The smallest absolute Gasteiger partial charge is 0.315 e. The number of rotatable bonds is 4. The van der Waals surface area contributed by atoms with E-state index in [9.17, 15) is 0 Å². The minimum Gasteiger partial charge on any atom is -0.407 e. The summed E-state index contributed by atoms with van der Waals surface area (Å²) < 4.78 is 10.7. The zero-order valence-electron chi connectivity index (χ0n) is 9.66. The molecule has 2 unspecified atom stereocenters. The Kier molecular flexibility index (Phi) is 3.08. The Balaban J connectivity index is 1.96.